The minimum absolute atomic E-state index is 0.0766. The van der Waals surface area contributed by atoms with Crippen LogP contribution in [0.25, 0.3) is 0 Å². The monoisotopic (exact) mass is 510 g/mol. The zero-order valence-electron chi connectivity index (χ0n) is 20.1. The summed E-state index contributed by atoms with van der Waals surface area (Å²) >= 11 is 0. The molecule has 0 spiro atoms. The number of phenolic OH excluding ortho intramolecular Hbond substituents is 1. The highest BCUT2D eigenvalue weighted by Crippen LogP contribution is 2.71. The second-order valence-corrected chi connectivity index (χ2v) is 11.6. The van der Waals surface area contributed by atoms with Crippen LogP contribution in [0.2, 0.25) is 0 Å². The van der Waals surface area contributed by atoms with E-state index in [2.05, 4.69) is 0 Å². The van der Waals surface area contributed by atoms with E-state index >= 15 is 17.7 Å². The second kappa shape index (κ2) is 9.51. The Labute approximate surface area is 208 Å². The van der Waals surface area contributed by atoms with Crippen molar-refractivity contribution < 1.29 is 27.6 Å². The van der Waals surface area contributed by atoms with Gasteiger partial charge in [-0.3, -0.25) is 0 Å². The fourth-order valence-electron chi connectivity index (χ4n) is 4.85. The fraction of sp³-hybridized carbons (Fsp3) is 0.172. The van der Waals surface area contributed by atoms with E-state index in [9.17, 15) is 5.11 Å². The first-order chi connectivity index (χ1) is 17.1. The molecule has 0 aliphatic heterocycles. The molecule has 186 valence electrons. The van der Waals surface area contributed by atoms with Gasteiger partial charge < -0.3 is 14.4 Å². The topological polar surface area (TPSA) is 46.5 Å². The molecule has 3 nitrogen and oxygen atoms in total. The van der Waals surface area contributed by atoms with Crippen molar-refractivity contribution in [2.75, 3.05) is 7.11 Å². The highest BCUT2D eigenvalue weighted by atomic mass is 31.2. The summed E-state index contributed by atoms with van der Waals surface area (Å²) in [4.78, 5) is 0. The van der Waals surface area contributed by atoms with Gasteiger partial charge in [0.15, 0.2) is 12.3 Å². The molecule has 1 N–H and O–H groups in total. The molecule has 0 bridgehead atoms. The summed E-state index contributed by atoms with van der Waals surface area (Å²) in [5.41, 5.74) is 0.139. The van der Waals surface area contributed by atoms with Crippen molar-refractivity contribution in [1.29, 1.82) is 0 Å². The van der Waals surface area contributed by atoms with Gasteiger partial charge >= 0.3 is 6.18 Å². The number of rotatable bonds is 6. The highest BCUT2D eigenvalue weighted by molar-refractivity contribution is 7.80. The number of alkyl halides is 3. The SMILES string of the molecule is COc1ccc(C(c2cc(C)c(O)c(C)c2)(C(F)(F)F)P(=O)(c2ccccc2)c2ccccc2)cc1. The van der Waals surface area contributed by atoms with E-state index in [1.807, 2.05) is 0 Å². The molecule has 7 heteroatoms. The highest BCUT2D eigenvalue weighted by Gasteiger charge is 2.68. The van der Waals surface area contributed by atoms with Crippen molar-refractivity contribution in [1.82, 2.24) is 0 Å². The number of aryl methyl sites for hydroxylation is 2. The van der Waals surface area contributed by atoms with E-state index in [4.69, 9.17) is 4.74 Å². The van der Waals surface area contributed by atoms with Crippen LogP contribution in [0.3, 0.4) is 0 Å². The van der Waals surface area contributed by atoms with E-state index in [0.717, 1.165) is 0 Å². The van der Waals surface area contributed by atoms with Crippen LogP contribution in [0.1, 0.15) is 22.3 Å². The summed E-state index contributed by atoms with van der Waals surface area (Å²) in [6.07, 6.45) is -5.00. The number of hydrogen-bond donors (Lipinski definition) is 1. The number of hydrogen-bond acceptors (Lipinski definition) is 3. The lowest BCUT2D eigenvalue weighted by atomic mass is 9.87. The van der Waals surface area contributed by atoms with Gasteiger partial charge in [-0.05, 0) is 48.2 Å². The summed E-state index contributed by atoms with van der Waals surface area (Å²) in [5, 5.41) is 7.60. The second-order valence-electron chi connectivity index (χ2n) is 8.68. The first-order valence-corrected chi connectivity index (χ1v) is 13.0. The van der Waals surface area contributed by atoms with Crippen LogP contribution in [-0.2, 0) is 9.72 Å². The third kappa shape index (κ3) is 3.90. The van der Waals surface area contributed by atoms with Crippen LogP contribution in [0.4, 0.5) is 13.2 Å². The number of benzene rings is 4. The van der Waals surface area contributed by atoms with Crippen molar-refractivity contribution in [2.45, 2.75) is 25.2 Å². The van der Waals surface area contributed by atoms with Gasteiger partial charge in [-0.2, -0.15) is 13.2 Å². The molecule has 0 aliphatic rings. The molecular formula is C29H26F3O3P. The minimum Gasteiger partial charge on any atom is -0.507 e. The maximum Gasteiger partial charge on any atom is 0.409 e. The number of methoxy groups -OCH3 is 1. The Kier molecular flexibility index (Phi) is 6.76. The maximum atomic E-state index is 15.9. The molecular weight excluding hydrogens is 484 g/mol. The molecule has 4 rings (SSSR count). The number of halogens is 3. The lowest BCUT2D eigenvalue weighted by Gasteiger charge is -2.43. The molecule has 0 aromatic heterocycles. The predicted octanol–water partition coefficient (Wildman–Crippen LogP) is 6.84. The molecule has 1 unspecified atom stereocenters. The average molecular weight is 510 g/mol. The van der Waals surface area contributed by atoms with Gasteiger partial charge in [-0.15, -0.1) is 0 Å². The Bertz CT molecular complexity index is 1340. The smallest absolute Gasteiger partial charge is 0.409 e. The predicted molar refractivity (Wildman–Crippen MR) is 137 cm³/mol. The van der Waals surface area contributed by atoms with E-state index in [1.165, 1.54) is 81.6 Å². The Hall–Kier alpha value is -3.50. The normalized spacial score (nSPS) is 13.7. The Morgan fingerprint density at radius 1 is 0.722 bits per heavy atom. The van der Waals surface area contributed by atoms with Gasteiger partial charge in [-0.25, -0.2) is 0 Å². The first kappa shape index (κ1) is 25.6. The summed E-state index contributed by atoms with van der Waals surface area (Å²) in [5.74, 6) is 0.279. The lowest BCUT2D eigenvalue weighted by molar-refractivity contribution is -0.154. The van der Waals surface area contributed by atoms with Crippen LogP contribution in [-0.4, -0.2) is 18.4 Å². The summed E-state index contributed by atoms with van der Waals surface area (Å²) in [7, 11) is -3.13. The quantitative estimate of drug-likeness (QED) is 0.289. The molecule has 36 heavy (non-hydrogen) atoms. The molecule has 0 fully saturated rings. The third-order valence-corrected chi connectivity index (χ3v) is 10.3. The van der Waals surface area contributed by atoms with Crippen molar-refractivity contribution in [3.05, 3.63) is 119 Å². The molecule has 0 saturated heterocycles. The number of ether oxygens (including phenoxy) is 1. The van der Waals surface area contributed by atoms with Crippen molar-refractivity contribution >= 4 is 17.8 Å². The standard InChI is InChI=1S/C29H26F3O3P/c1-20-18-23(19-21(2)27(20)33)28(29(30,31)32,22-14-16-24(35-3)17-15-22)36(34,25-10-6-4-7-11-25)26-12-8-5-9-13-26/h4-19,33H,1-3H3. The molecule has 0 radical (unpaired) electrons. The van der Waals surface area contributed by atoms with Crippen LogP contribution in [0, 0.1) is 13.8 Å². The summed E-state index contributed by atoms with van der Waals surface area (Å²) < 4.78 is 68.4. The van der Waals surface area contributed by atoms with E-state index < -0.39 is 18.5 Å². The molecule has 0 saturated carbocycles. The number of phenols is 1. The van der Waals surface area contributed by atoms with Crippen LogP contribution in [0.15, 0.2) is 97.1 Å². The minimum atomic E-state index is -5.00. The van der Waals surface area contributed by atoms with E-state index in [0.29, 0.717) is 5.75 Å². The number of aromatic hydroxyl groups is 1. The van der Waals surface area contributed by atoms with Crippen molar-refractivity contribution in [2.24, 2.45) is 0 Å². The maximum absolute atomic E-state index is 15.9. The van der Waals surface area contributed by atoms with Gasteiger partial charge in [0.05, 0.1) is 7.11 Å². The van der Waals surface area contributed by atoms with E-state index in [-0.39, 0.29) is 38.6 Å². The molecule has 1 atom stereocenters. The van der Waals surface area contributed by atoms with Crippen LogP contribution < -0.4 is 15.3 Å². The zero-order chi connectivity index (χ0) is 26.1. The van der Waals surface area contributed by atoms with Gasteiger partial charge in [0.1, 0.15) is 11.5 Å². The fourth-order valence-corrected chi connectivity index (χ4v) is 8.46. The molecule has 4 aromatic rings. The summed E-state index contributed by atoms with van der Waals surface area (Å²) in [6.45, 7) is 3.08. The molecule has 0 aliphatic carbocycles. The Balaban J connectivity index is 2.28. The average Bonchev–Trinajstić information content (AvgIpc) is 2.88. The lowest BCUT2D eigenvalue weighted by Crippen LogP contribution is -2.48. The van der Waals surface area contributed by atoms with Crippen LogP contribution >= 0.6 is 7.14 Å². The summed E-state index contributed by atoms with van der Waals surface area (Å²) in [6, 6.07) is 23.8. The molecule has 4 aromatic carbocycles. The van der Waals surface area contributed by atoms with Crippen molar-refractivity contribution in [3.8, 4) is 11.5 Å². The zero-order valence-corrected chi connectivity index (χ0v) is 21.0. The van der Waals surface area contributed by atoms with Crippen molar-refractivity contribution in [3.63, 3.8) is 0 Å². The first-order valence-electron chi connectivity index (χ1n) is 11.3. The van der Waals surface area contributed by atoms with Crippen LogP contribution in [0.5, 0.6) is 11.5 Å². The van der Waals surface area contributed by atoms with Gasteiger partial charge in [0, 0.05) is 10.6 Å². The Morgan fingerprint density at radius 2 is 1.17 bits per heavy atom. The van der Waals surface area contributed by atoms with Gasteiger partial charge in [0.2, 0.25) is 0 Å². The van der Waals surface area contributed by atoms with Gasteiger partial charge in [0.25, 0.3) is 0 Å². The molecule has 0 amide bonds. The van der Waals surface area contributed by atoms with E-state index in [1.54, 1.807) is 36.4 Å². The Morgan fingerprint density at radius 3 is 1.56 bits per heavy atom. The molecule has 0 heterocycles. The third-order valence-electron chi connectivity index (χ3n) is 6.54. The van der Waals surface area contributed by atoms with Gasteiger partial charge in [-0.1, -0.05) is 84.9 Å². The largest absolute Gasteiger partial charge is 0.507 e.